The summed E-state index contributed by atoms with van der Waals surface area (Å²) in [6, 6.07) is 1.91. The maximum Gasteiger partial charge on any atom is 0.433 e. The van der Waals surface area contributed by atoms with Crippen LogP contribution in [0.2, 0.25) is 0 Å². The number of hydroxylamine groups is 2. The molecular weight excluding hydrogens is 289 g/mol. The summed E-state index contributed by atoms with van der Waals surface area (Å²) in [6.45, 7) is 0.367. The average Bonchev–Trinajstić information content (AvgIpc) is 2.45. The van der Waals surface area contributed by atoms with Crippen LogP contribution in [-0.2, 0) is 22.2 Å². The molecule has 21 heavy (non-hydrogen) atoms. The number of hydrogen-bond donors (Lipinski definition) is 0. The summed E-state index contributed by atoms with van der Waals surface area (Å²) in [6.07, 6.45) is -3.89. The summed E-state index contributed by atoms with van der Waals surface area (Å²) in [5.41, 5.74) is -0.856. The number of nitrogens with zero attached hydrogens (tertiary/aromatic N) is 2. The summed E-state index contributed by atoms with van der Waals surface area (Å²) in [4.78, 5) is 20.4. The van der Waals surface area contributed by atoms with Crippen molar-refractivity contribution in [2.45, 2.75) is 19.0 Å². The maximum absolute atomic E-state index is 12.7. The molecule has 1 aromatic heterocycles. The molecule has 0 spiro atoms. The van der Waals surface area contributed by atoms with Gasteiger partial charge < -0.3 is 4.74 Å². The lowest BCUT2D eigenvalue weighted by Gasteiger charge is -2.17. The van der Waals surface area contributed by atoms with Crippen LogP contribution in [0.25, 0.3) is 0 Å². The predicted octanol–water partition coefficient (Wildman–Crippen LogP) is 2.31. The number of ether oxygens (including phenoxy) is 1. The van der Waals surface area contributed by atoms with Crippen molar-refractivity contribution < 1.29 is 27.5 Å². The van der Waals surface area contributed by atoms with E-state index in [1.165, 1.54) is 21.3 Å². The Balaban J connectivity index is 3.13. The molecule has 0 aliphatic carbocycles. The highest BCUT2D eigenvalue weighted by atomic mass is 19.4. The number of aromatic nitrogens is 1. The molecule has 0 saturated carbocycles. The van der Waals surface area contributed by atoms with Gasteiger partial charge in [-0.3, -0.25) is 9.63 Å². The quantitative estimate of drug-likeness (QED) is 0.598. The van der Waals surface area contributed by atoms with E-state index >= 15 is 0 Å². The van der Waals surface area contributed by atoms with Crippen molar-refractivity contribution in [2.24, 2.45) is 0 Å². The monoisotopic (exact) mass is 306 g/mol. The minimum absolute atomic E-state index is 0.0794. The second kappa shape index (κ2) is 7.37. The first-order chi connectivity index (χ1) is 9.81. The van der Waals surface area contributed by atoms with E-state index in [1.54, 1.807) is 0 Å². The first kappa shape index (κ1) is 17.4. The largest absolute Gasteiger partial charge is 0.433 e. The summed E-state index contributed by atoms with van der Waals surface area (Å²) in [5.74, 6) is -0.550. The van der Waals surface area contributed by atoms with Crippen molar-refractivity contribution in [2.75, 3.05) is 27.9 Å². The highest BCUT2D eigenvalue weighted by Crippen LogP contribution is 2.28. The molecular formula is C13H17F3N2O3. The predicted molar refractivity (Wildman–Crippen MR) is 68.5 cm³/mol. The third kappa shape index (κ3) is 4.68. The van der Waals surface area contributed by atoms with Gasteiger partial charge in [-0.25, -0.2) is 10.0 Å². The van der Waals surface area contributed by atoms with Crippen LogP contribution in [0.4, 0.5) is 13.2 Å². The van der Waals surface area contributed by atoms with E-state index in [0.717, 1.165) is 17.2 Å². The molecule has 0 N–H and O–H groups in total. The van der Waals surface area contributed by atoms with Crippen LogP contribution in [0.15, 0.2) is 12.1 Å². The number of rotatable bonds is 6. The third-order valence-electron chi connectivity index (χ3n) is 2.82. The van der Waals surface area contributed by atoms with Gasteiger partial charge in [-0.1, -0.05) is 0 Å². The van der Waals surface area contributed by atoms with Gasteiger partial charge in [-0.05, 0) is 25.0 Å². The minimum Gasteiger partial charge on any atom is -0.385 e. The number of amides is 1. The lowest BCUT2D eigenvalue weighted by molar-refractivity contribution is -0.141. The third-order valence-corrected chi connectivity index (χ3v) is 2.82. The van der Waals surface area contributed by atoms with Gasteiger partial charge in [0, 0.05) is 20.8 Å². The van der Waals surface area contributed by atoms with E-state index in [4.69, 9.17) is 9.57 Å². The molecule has 5 nitrogen and oxygen atoms in total. The summed E-state index contributed by atoms with van der Waals surface area (Å²) in [5, 5.41) is 0.935. The maximum atomic E-state index is 12.7. The van der Waals surface area contributed by atoms with Gasteiger partial charge in [0.15, 0.2) is 0 Å². The molecule has 0 aliphatic heterocycles. The molecule has 0 atom stereocenters. The van der Waals surface area contributed by atoms with Gasteiger partial charge in [-0.2, -0.15) is 13.2 Å². The van der Waals surface area contributed by atoms with Crippen molar-refractivity contribution in [3.63, 3.8) is 0 Å². The molecule has 0 aliphatic rings. The van der Waals surface area contributed by atoms with Crippen molar-refractivity contribution >= 4 is 5.91 Å². The molecule has 0 aromatic carbocycles. The molecule has 1 heterocycles. The van der Waals surface area contributed by atoms with E-state index < -0.39 is 17.8 Å². The van der Waals surface area contributed by atoms with Crippen LogP contribution < -0.4 is 0 Å². The summed E-state index contributed by atoms with van der Waals surface area (Å²) in [7, 11) is 4.16. The van der Waals surface area contributed by atoms with Crippen LogP contribution in [0.3, 0.4) is 0 Å². The zero-order valence-electron chi connectivity index (χ0n) is 12.0. The Kier molecular flexibility index (Phi) is 6.10. The molecule has 0 bridgehead atoms. The Hall–Kier alpha value is -1.67. The highest BCUT2D eigenvalue weighted by Gasteiger charge is 2.33. The number of carbonyl (C=O) groups excluding carboxylic acids is 1. The smallest absolute Gasteiger partial charge is 0.385 e. The number of aryl methyl sites for hydroxylation is 1. The molecule has 1 amide bonds. The normalized spacial score (nSPS) is 11.5. The summed E-state index contributed by atoms with van der Waals surface area (Å²) >= 11 is 0. The Bertz CT molecular complexity index is 492. The van der Waals surface area contributed by atoms with Gasteiger partial charge in [0.2, 0.25) is 0 Å². The van der Waals surface area contributed by atoms with Crippen LogP contribution in [0, 0.1) is 0 Å². The van der Waals surface area contributed by atoms with E-state index in [9.17, 15) is 18.0 Å². The van der Waals surface area contributed by atoms with E-state index in [0.29, 0.717) is 13.0 Å². The first-order valence-corrected chi connectivity index (χ1v) is 6.19. The van der Waals surface area contributed by atoms with Crippen molar-refractivity contribution in [3.8, 4) is 0 Å². The van der Waals surface area contributed by atoms with Crippen molar-refractivity contribution in [1.29, 1.82) is 0 Å². The summed E-state index contributed by atoms with van der Waals surface area (Å²) < 4.78 is 43.0. The van der Waals surface area contributed by atoms with E-state index in [-0.39, 0.29) is 17.7 Å². The van der Waals surface area contributed by atoms with E-state index in [1.807, 2.05) is 0 Å². The Morgan fingerprint density at radius 1 is 1.33 bits per heavy atom. The van der Waals surface area contributed by atoms with Crippen LogP contribution in [0.5, 0.6) is 0 Å². The number of alkyl halides is 3. The fraction of sp³-hybridized carbons (Fsp3) is 0.538. The lowest BCUT2D eigenvalue weighted by Crippen LogP contribution is -2.27. The zero-order valence-corrected chi connectivity index (χ0v) is 12.0. The zero-order chi connectivity index (χ0) is 16.0. The molecule has 0 radical (unpaired) electrons. The average molecular weight is 306 g/mol. The van der Waals surface area contributed by atoms with Gasteiger partial charge >= 0.3 is 6.18 Å². The molecule has 118 valence electrons. The Labute approximate surface area is 120 Å². The number of hydrogen-bond acceptors (Lipinski definition) is 4. The standard InChI is InChI=1S/C13H17F3N2O3/c1-18(21-3)12(19)9-6-7-11(13(14,15)16)17-10(9)5-4-8-20-2/h6-7H,4-5,8H2,1-3H3. The molecule has 8 heteroatoms. The number of methoxy groups -OCH3 is 1. The SMILES string of the molecule is COCCCc1nc(C(F)(F)F)ccc1C(=O)N(C)OC. The number of carbonyl (C=O) groups is 1. The van der Waals surface area contributed by atoms with E-state index in [2.05, 4.69) is 4.98 Å². The van der Waals surface area contributed by atoms with Crippen molar-refractivity contribution in [3.05, 3.63) is 29.1 Å². The van der Waals surface area contributed by atoms with Gasteiger partial charge in [0.25, 0.3) is 5.91 Å². The van der Waals surface area contributed by atoms with Crippen LogP contribution in [-0.4, -0.2) is 43.8 Å². The first-order valence-electron chi connectivity index (χ1n) is 6.19. The minimum atomic E-state index is -4.55. The lowest BCUT2D eigenvalue weighted by atomic mass is 10.1. The fourth-order valence-corrected chi connectivity index (χ4v) is 1.68. The molecule has 0 unspecified atom stereocenters. The van der Waals surface area contributed by atoms with Gasteiger partial charge in [0.1, 0.15) is 5.69 Å². The van der Waals surface area contributed by atoms with Crippen LogP contribution in [0.1, 0.15) is 28.2 Å². The van der Waals surface area contributed by atoms with Crippen molar-refractivity contribution in [1.82, 2.24) is 10.0 Å². The highest BCUT2D eigenvalue weighted by molar-refractivity contribution is 5.94. The molecule has 1 aromatic rings. The Morgan fingerprint density at radius 3 is 2.52 bits per heavy atom. The Morgan fingerprint density at radius 2 is 2.00 bits per heavy atom. The second-order valence-electron chi connectivity index (χ2n) is 4.27. The molecule has 0 fully saturated rings. The number of pyridine rings is 1. The number of halogens is 3. The fourth-order valence-electron chi connectivity index (χ4n) is 1.68. The molecule has 0 saturated heterocycles. The topological polar surface area (TPSA) is 51.7 Å². The molecule has 1 rings (SSSR count). The second-order valence-corrected chi connectivity index (χ2v) is 4.27. The van der Waals surface area contributed by atoms with Crippen LogP contribution >= 0.6 is 0 Å². The van der Waals surface area contributed by atoms with Gasteiger partial charge in [0.05, 0.1) is 18.4 Å². The van der Waals surface area contributed by atoms with Gasteiger partial charge in [-0.15, -0.1) is 0 Å².